The van der Waals surface area contributed by atoms with Gasteiger partial charge < -0.3 is 14.4 Å². The third-order valence-corrected chi connectivity index (χ3v) is 7.47. The van der Waals surface area contributed by atoms with E-state index in [9.17, 15) is 4.79 Å². The summed E-state index contributed by atoms with van der Waals surface area (Å²) in [4.78, 5) is 17.9. The molecule has 31 heavy (non-hydrogen) atoms. The van der Waals surface area contributed by atoms with Gasteiger partial charge in [-0.05, 0) is 63.9 Å². The quantitative estimate of drug-likeness (QED) is 0.677. The van der Waals surface area contributed by atoms with Crippen LogP contribution in [0.2, 0.25) is 5.02 Å². The van der Waals surface area contributed by atoms with Crippen LogP contribution in [0, 0.1) is 5.41 Å². The number of likely N-dealkylation sites (tertiary alicyclic amines) is 2. The number of nitrogens with zero attached hydrogens (tertiary/aromatic N) is 5. The van der Waals surface area contributed by atoms with Gasteiger partial charge in [0.25, 0.3) is 0 Å². The molecule has 1 amide bonds. The number of hydrogen-bond donors (Lipinski definition) is 0. The van der Waals surface area contributed by atoms with E-state index in [1.807, 2.05) is 30.6 Å². The number of carbonyl (C=O) groups is 1. The molecule has 2 saturated heterocycles. The third kappa shape index (κ3) is 4.65. The monoisotopic (exact) mass is 443 g/mol. The van der Waals surface area contributed by atoms with Gasteiger partial charge in [0.1, 0.15) is 12.2 Å². The topological polar surface area (TPSA) is 54.3 Å². The molecule has 3 heterocycles. The van der Waals surface area contributed by atoms with Crippen LogP contribution in [-0.2, 0) is 17.8 Å². The molecule has 2 aliphatic rings. The largest absolute Gasteiger partial charge is 0.341 e. The molecular formula is C24H34ClN5O. The minimum absolute atomic E-state index is 0.0829. The molecule has 1 unspecified atom stereocenters. The summed E-state index contributed by atoms with van der Waals surface area (Å²) in [5.74, 6) is 1.49. The molecule has 0 aliphatic carbocycles. The van der Waals surface area contributed by atoms with Crippen LogP contribution in [0.4, 0.5) is 0 Å². The highest BCUT2D eigenvalue weighted by Gasteiger charge is 2.51. The number of hydrogen-bond acceptors (Lipinski definition) is 4. The molecule has 0 N–H and O–H groups in total. The second kappa shape index (κ2) is 9.29. The smallest absolute Gasteiger partial charge is 0.227 e. The van der Waals surface area contributed by atoms with Gasteiger partial charge in [0, 0.05) is 42.0 Å². The molecule has 2 fully saturated rings. The second-order valence-corrected chi connectivity index (χ2v) is 9.94. The second-order valence-electron chi connectivity index (χ2n) is 9.50. The molecule has 4 rings (SSSR count). The fourth-order valence-electron chi connectivity index (χ4n) is 5.34. The molecule has 2 aliphatic heterocycles. The summed E-state index contributed by atoms with van der Waals surface area (Å²) < 4.78 is 2.20. The summed E-state index contributed by atoms with van der Waals surface area (Å²) in [7, 11) is 0. The zero-order valence-electron chi connectivity index (χ0n) is 18.9. The van der Waals surface area contributed by atoms with Gasteiger partial charge in [0.15, 0.2) is 0 Å². The van der Waals surface area contributed by atoms with Crippen molar-refractivity contribution in [2.24, 2.45) is 5.41 Å². The van der Waals surface area contributed by atoms with Crippen molar-refractivity contribution in [3.8, 4) is 0 Å². The number of aromatic nitrogens is 3. The van der Waals surface area contributed by atoms with Crippen LogP contribution in [0.15, 0.2) is 30.6 Å². The number of carbonyl (C=O) groups excluding carboxylic acids is 1. The Morgan fingerprint density at radius 1 is 1.23 bits per heavy atom. The zero-order valence-corrected chi connectivity index (χ0v) is 19.7. The summed E-state index contributed by atoms with van der Waals surface area (Å²) in [6.45, 7) is 11.3. The lowest BCUT2D eigenvalue weighted by atomic mass is 9.70. The van der Waals surface area contributed by atoms with Crippen LogP contribution in [0.5, 0.6) is 0 Å². The van der Waals surface area contributed by atoms with Crippen molar-refractivity contribution in [1.29, 1.82) is 0 Å². The van der Waals surface area contributed by atoms with Crippen LogP contribution in [-0.4, -0.2) is 62.7 Å². The van der Waals surface area contributed by atoms with Gasteiger partial charge in [0.05, 0.1) is 6.42 Å². The van der Waals surface area contributed by atoms with E-state index in [2.05, 4.69) is 45.3 Å². The van der Waals surface area contributed by atoms with Crippen LogP contribution >= 0.6 is 11.6 Å². The predicted octanol–water partition coefficient (Wildman–Crippen LogP) is 4.00. The first-order valence-electron chi connectivity index (χ1n) is 11.6. The molecule has 0 radical (unpaired) electrons. The fourth-order valence-corrected chi connectivity index (χ4v) is 5.47. The maximum atomic E-state index is 13.3. The number of rotatable bonds is 6. The highest BCUT2D eigenvalue weighted by atomic mass is 35.5. The first-order valence-corrected chi connectivity index (χ1v) is 11.9. The van der Waals surface area contributed by atoms with Crippen molar-refractivity contribution < 1.29 is 4.79 Å². The Balaban J connectivity index is 1.56. The van der Waals surface area contributed by atoms with Crippen molar-refractivity contribution >= 4 is 17.5 Å². The Morgan fingerprint density at radius 3 is 2.58 bits per heavy atom. The fraction of sp³-hybridized carbons (Fsp3) is 0.625. The van der Waals surface area contributed by atoms with E-state index in [0.29, 0.717) is 17.5 Å². The molecule has 1 spiro atoms. The third-order valence-electron chi connectivity index (χ3n) is 7.22. The van der Waals surface area contributed by atoms with Crippen LogP contribution in [0.1, 0.15) is 57.3 Å². The Morgan fingerprint density at radius 2 is 1.94 bits per heavy atom. The summed E-state index contributed by atoms with van der Waals surface area (Å²) >= 11 is 6.01. The number of piperidine rings is 1. The lowest BCUT2D eigenvalue weighted by molar-refractivity contribution is -0.130. The van der Waals surface area contributed by atoms with Crippen LogP contribution in [0.3, 0.4) is 0 Å². The number of amides is 1. The zero-order chi connectivity index (χ0) is 22.0. The van der Waals surface area contributed by atoms with Gasteiger partial charge in [0.2, 0.25) is 5.91 Å². The lowest BCUT2D eigenvalue weighted by Crippen LogP contribution is -2.46. The number of benzene rings is 1. The highest BCUT2D eigenvalue weighted by molar-refractivity contribution is 6.30. The van der Waals surface area contributed by atoms with Crippen molar-refractivity contribution in [3.63, 3.8) is 0 Å². The molecular weight excluding hydrogens is 410 g/mol. The van der Waals surface area contributed by atoms with Crippen molar-refractivity contribution in [2.45, 2.75) is 65.0 Å². The Hall–Kier alpha value is -1.92. The van der Waals surface area contributed by atoms with E-state index >= 15 is 0 Å². The van der Waals surface area contributed by atoms with E-state index in [4.69, 9.17) is 11.6 Å². The standard InChI is InChI=1S/C24H34ClN5O/c1-4-11-29-17-26-27-23(29)21-15-30(22(31)14-19-5-7-20(25)8-6-19)16-24(21)9-12-28(13-10-24)18(2)3/h5-8,17-18,21H,4,9-16H2,1-3H3. The Bertz CT molecular complexity index is 886. The van der Waals surface area contributed by atoms with Gasteiger partial charge in [-0.3, -0.25) is 4.79 Å². The summed E-state index contributed by atoms with van der Waals surface area (Å²) in [6.07, 6.45) is 5.51. The van der Waals surface area contributed by atoms with Gasteiger partial charge >= 0.3 is 0 Å². The molecule has 0 bridgehead atoms. The molecule has 1 aromatic heterocycles. The maximum Gasteiger partial charge on any atom is 0.227 e. The van der Waals surface area contributed by atoms with Crippen LogP contribution < -0.4 is 0 Å². The summed E-state index contributed by atoms with van der Waals surface area (Å²) in [6, 6.07) is 8.16. The van der Waals surface area contributed by atoms with Gasteiger partial charge in [-0.1, -0.05) is 30.7 Å². The van der Waals surface area contributed by atoms with Gasteiger partial charge in [-0.2, -0.15) is 0 Å². The average Bonchev–Trinajstić information content (AvgIpc) is 3.35. The predicted molar refractivity (Wildman–Crippen MR) is 123 cm³/mol. The first kappa shape index (κ1) is 22.3. The normalized spacial score (nSPS) is 21.3. The van der Waals surface area contributed by atoms with E-state index in [1.54, 1.807) is 0 Å². The molecule has 6 nitrogen and oxygen atoms in total. The van der Waals surface area contributed by atoms with Crippen molar-refractivity contribution in [3.05, 3.63) is 47.0 Å². The molecule has 7 heteroatoms. The van der Waals surface area contributed by atoms with Crippen molar-refractivity contribution in [2.75, 3.05) is 26.2 Å². The number of aryl methyl sites for hydroxylation is 1. The molecule has 0 saturated carbocycles. The minimum Gasteiger partial charge on any atom is -0.341 e. The maximum absolute atomic E-state index is 13.3. The molecule has 1 aromatic carbocycles. The molecule has 2 aromatic rings. The molecule has 1 atom stereocenters. The first-order chi connectivity index (χ1) is 14.9. The summed E-state index contributed by atoms with van der Waals surface area (Å²) in [5, 5.41) is 9.49. The average molecular weight is 444 g/mol. The molecule has 168 valence electrons. The van der Waals surface area contributed by atoms with E-state index in [0.717, 1.165) is 63.4 Å². The highest BCUT2D eigenvalue weighted by Crippen LogP contribution is 2.49. The summed E-state index contributed by atoms with van der Waals surface area (Å²) in [5.41, 5.74) is 1.09. The van der Waals surface area contributed by atoms with Crippen LogP contribution in [0.25, 0.3) is 0 Å². The Labute approximate surface area is 190 Å². The van der Waals surface area contributed by atoms with Crippen molar-refractivity contribution in [1.82, 2.24) is 24.6 Å². The SMILES string of the molecule is CCCn1cnnc1C1CN(C(=O)Cc2ccc(Cl)cc2)CC12CCN(C(C)C)CC2. The lowest BCUT2D eigenvalue weighted by Gasteiger charge is -2.43. The number of halogens is 1. The van der Waals surface area contributed by atoms with Gasteiger partial charge in [-0.15, -0.1) is 10.2 Å². The van der Waals surface area contributed by atoms with E-state index in [-0.39, 0.29) is 17.2 Å². The minimum atomic E-state index is 0.0829. The van der Waals surface area contributed by atoms with Gasteiger partial charge in [-0.25, -0.2) is 0 Å². The van der Waals surface area contributed by atoms with E-state index in [1.165, 1.54) is 0 Å². The Kier molecular flexibility index (Phi) is 6.68. The van der Waals surface area contributed by atoms with E-state index < -0.39 is 0 Å².